The number of thioether (sulfide) groups is 1. The Hall–Kier alpha value is -0.550. The molecule has 1 aromatic heterocycles. The molecule has 108 valence electrons. The fourth-order valence-corrected chi connectivity index (χ4v) is 2.97. The fraction of sp³-hybridized carbons (Fsp3) is 0.857. The topological polar surface area (TPSA) is 64.9 Å². The summed E-state index contributed by atoms with van der Waals surface area (Å²) in [5.41, 5.74) is 6.04. The smallest absolute Gasteiger partial charge is 0.246 e. The molecule has 1 heterocycles. The van der Waals surface area contributed by atoms with Crippen LogP contribution in [0.1, 0.15) is 65.1 Å². The molecule has 2 N–H and O–H groups in total. The summed E-state index contributed by atoms with van der Waals surface area (Å²) in [7, 11) is 0. The molecular weight excluding hydrogens is 258 g/mol. The molecule has 1 aliphatic rings. The molecule has 0 spiro atoms. The molecule has 0 unspecified atom stereocenters. The molecule has 1 aliphatic carbocycles. The minimum absolute atomic E-state index is 0.210. The molecule has 2 rings (SSSR count). The van der Waals surface area contributed by atoms with Crippen molar-refractivity contribution >= 4 is 11.8 Å². The van der Waals surface area contributed by atoms with Crippen molar-refractivity contribution in [2.75, 3.05) is 0 Å². The van der Waals surface area contributed by atoms with Crippen LogP contribution in [0.2, 0.25) is 0 Å². The predicted molar refractivity (Wildman–Crippen MR) is 78.8 cm³/mol. The molecule has 0 aromatic carbocycles. The van der Waals surface area contributed by atoms with Crippen LogP contribution in [0.4, 0.5) is 0 Å². The molecule has 0 bridgehead atoms. The second kappa shape index (κ2) is 5.44. The summed E-state index contributed by atoms with van der Waals surface area (Å²) in [6.45, 7) is 8.83. The van der Waals surface area contributed by atoms with Gasteiger partial charge in [0.1, 0.15) is 0 Å². The Balaban J connectivity index is 2.00. The van der Waals surface area contributed by atoms with Gasteiger partial charge in [0.15, 0.2) is 5.82 Å². The van der Waals surface area contributed by atoms with Gasteiger partial charge in [-0.2, -0.15) is 4.98 Å². The lowest BCUT2D eigenvalue weighted by Gasteiger charge is -2.32. The van der Waals surface area contributed by atoms with Crippen molar-refractivity contribution in [1.82, 2.24) is 10.1 Å². The van der Waals surface area contributed by atoms with Crippen molar-refractivity contribution in [3.63, 3.8) is 0 Å². The van der Waals surface area contributed by atoms with Crippen molar-refractivity contribution in [1.29, 1.82) is 0 Å². The molecule has 0 radical (unpaired) electrons. The molecule has 0 amide bonds. The summed E-state index contributed by atoms with van der Waals surface area (Å²) in [6, 6.07) is 0. The van der Waals surface area contributed by atoms with Crippen molar-refractivity contribution < 1.29 is 4.52 Å². The molecule has 0 saturated heterocycles. The van der Waals surface area contributed by atoms with E-state index in [4.69, 9.17) is 10.3 Å². The van der Waals surface area contributed by atoms with Crippen molar-refractivity contribution in [2.45, 2.75) is 69.4 Å². The molecule has 19 heavy (non-hydrogen) atoms. The van der Waals surface area contributed by atoms with Gasteiger partial charge < -0.3 is 10.3 Å². The highest BCUT2D eigenvalue weighted by atomic mass is 32.2. The zero-order chi connectivity index (χ0) is 14.1. The number of nitrogens with zero attached hydrogens (tertiary/aromatic N) is 2. The summed E-state index contributed by atoms with van der Waals surface area (Å²) in [5.74, 6) is 2.93. The van der Waals surface area contributed by atoms with E-state index >= 15 is 0 Å². The molecule has 1 saturated carbocycles. The van der Waals surface area contributed by atoms with Crippen LogP contribution >= 0.6 is 11.8 Å². The lowest BCUT2D eigenvalue weighted by molar-refractivity contribution is 0.190. The zero-order valence-corrected chi connectivity index (χ0v) is 13.2. The highest BCUT2D eigenvalue weighted by Gasteiger charge is 2.37. The van der Waals surface area contributed by atoms with Crippen LogP contribution in [0.5, 0.6) is 0 Å². The summed E-state index contributed by atoms with van der Waals surface area (Å²) in [6.07, 6.45) is 4.18. The van der Waals surface area contributed by atoms with Crippen molar-refractivity contribution in [3.8, 4) is 0 Å². The van der Waals surface area contributed by atoms with Crippen LogP contribution in [0, 0.1) is 5.92 Å². The third-order valence-corrected chi connectivity index (χ3v) is 4.96. The Labute approximate surface area is 119 Å². The highest BCUT2D eigenvalue weighted by Crippen LogP contribution is 2.36. The second-order valence-corrected chi connectivity index (χ2v) is 8.56. The zero-order valence-electron chi connectivity index (χ0n) is 12.4. The first-order valence-corrected chi connectivity index (χ1v) is 8.03. The van der Waals surface area contributed by atoms with Crippen LogP contribution < -0.4 is 5.73 Å². The normalized spacial score (nSPS) is 28.6. The predicted octanol–water partition coefficient (Wildman–Crippen LogP) is 3.47. The maximum Gasteiger partial charge on any atom is 0.246 e. The van der Waals surface area contributed by atoms with Gasteiger partial charge in [0.25, 0.3) is 0 Å². The van der Waals surface area contributed by atoms with Gasteiger partial charge in [0.2, 0.25) is 5.89 Å². The van der Waals surface area contributed by atoms with Crippen molar-refractivity contribution in [3.05, 3.63) is 11.7 Å². The molecular formula is C14H25N3OS. The quantitative estimate of drug-likeness (QED) is 0.920. The second-order valence-electron chi connectivity index (χ2n) is 6.76. The fourth-order valence-electron chi connectivity index (χ4n) is 2.29. The van der Waals surface area contributed by atoms with E-state index in [1.54, 1.807) is 0 Å². The first-order chi connectivity index (χ1) is 8.78. The van der Waals surface area contributed by atoms with E-state index in [1.165, 1.54) is 0 Å². The highest BCUT2D eigenvalue weighted by molar-refractivity contribution is 7.99. The van der Waals surface area contributed by atoms with E-state index in [0.717, 1.165) is 43.2 Å². The Morgan fingerprint density at radius 3 is 2.58 bits per heavy atom. The van der Waals surface area contributed by atoms with Gasteiger partial charge in [-0.25, -0.2) is 0 Å². The monoisotopic (exact) mass is 283 g/mol. The third kappa shape index (κ3) is 3.96. The van der Waals surface area contributed by atoms with E-state index in [9.17, 15) is 0 Å². The Morgan fingerprint density at radius 2 is 2.00 bits per heavy atom. The van der Waals surface area contributed by atoms with Gasteiger partial charge in [-0.1, -0.05) is 32.9 Å². The summed E-state index contributed by atoms with van der Waals surface area (Å²) in [4.78, 5) is 4.51. The first kappa shape index (κ1) is 14.9. The van der Waals surface area contributed by atoms with Gasteiger partial charge in [0.05, 0.1) is 11.3 Å². The van der Waals surface area contributed by atoms with E-state index in [-0.39, 0.29) is 4.75 Å². The minimum atomic E-state index is -0.399. The van der Waals surface area contributed by atoms with Crippen molar-refractivity contribution in [2.24, 2.45) is 11.7 Å². The van der Waals surface area contributed by atoms with Crippen LogP contribution in [-0.2, 0) is 11.3 Å². The van der Waals surface area contributed by atoms with Crippen LogP contribution in [0.15, 0.2) is 4.52 Å². The van der Waals surface area contributed by atoms with Gasteiger partial charge in [0, 0.05) is 4.75 Å². The van der Waals surface area contributed by atoms with Gasteiger partial charge in [-0.05, 0) is 31.6 Å². The average Bonchev–Trinajstić information content (AvgIpc) is 2.79. The number of aromatic nitrogens is 2. The van der Waals surface area contributed by atoms with E-state index in [0.29, 0.717) is 5.89 Å². The minimum Gasteiger partial charge on any atom is -0.337 e. The van der Waals surface area contributed by atoms with E-state index in [2.05, 4.69) is 37.8 Å². The lowest BCUT2D eigenvalue weighted by atomic mass is 9.78. The van der Waals surface area contributed by atoms with E-state index in [1.807, 2.05) is 11.8 Å². The molecule has 0 aliphatic heterocycles. The first-order valence-electron chi connectivity index (χ1n) is 7.04. The van der Waals surface area contributed by atoms with Crippen LogP contribution in [0.25, 0.3) is 0 Å². The maximum atomic E-state index is 6.43. The van der Waals surface area contributed by atoms with E-state index < -0.39 is 5.54 Å². The SMILES string of the molecule is CC1CCC(N)(c2nc(CSC(C)(C)C)no2)CC1. The summed E-state index contributed by atoms with van der Waals surface area (Å²) < 4.78 is 5.62. The molecule has 1 fully saturated rings. The molecule has 0 atom stereocenters. The summed E-state index contributed by atoms with van der Waals surface area (Å²) >= 11 is 1.82. The largest absolute Gasteiger partial charge is 0.337 e. The molecule has 5 heteroatoms. The number of hydrogen-bond acceptors (Lipinski definition) is 5. The number of rotatable bonds is 3. The standard InChI is InChI=1S/C14H25N3OS/c1-10-5-7-14(15,8-6-10)12-16-11(17-18-12)9-19-13(2,3)4/h10H,5-9,15H2,1-4H3. The van der Waals surface area contributed by atoms with Gasteiger partial charge >= 0.3 is 0 Å². The lowest BCUT2D eigenvalue weighted by Crippen LogP contribution is -2.40. The average molecular weight is 283 g/mol. The van der Waals surface area contributed by atoms with Gasteiger partial charge in [-0.3, -0.25) is 0 Å². The maximum absolute atomic E-state index is 6.43. The van der Waals surface area contributed by atoms with Gasteiger partial charge in [-0.15, -0.1) is 11.8 Å². The Morgan fingerprint density at radius 1 is 1.37 bits per heavy atom. The van der Waals surface area contributed by atoms with Crippen LogP contribution in [-0.4, -0.2) is 14.9 Å². The Bertz CT molecular complexity index is 417. The Kier molecular flexibility index (Phi) is 4.26. The summed E-state index contributed by atoms with van der Waals surface area (Å²) in [5, 5.41) is 4.07. The number of nitrogens with two attached hydrogens (primary N) is 1. The molecule has 1 aromatic rings. The van der Waals surface area contributed by atoms with Crippen LogP contribution in [0.3, 0.4) is 0 Å². The number of hydrogen-bond donors (Lipinski definition) is 1. The third-order valence-electron chi connectivity index (χ3n) is 3.69. The molecule has 4 nitrogen and oxygen atoms in total.